The number of rotatable bonds is 1. The second-order valence-electron chi connectivity index (χ2n) is 1.63. The first-order valence-corrected chi connectivity index (χ1v) is 2.51. The van der Waals surface area contributed by atoms with E-state index in [2.05, 4.69) is 12.5 Å². The zero-order valence-electron chi connectivity index (χ0n) is 5.36. The molecule has 0 rings (SSSR count). The van der Waals surface area contributed by atoms with Crippen molar-refractivity contribution in [3.8, 4) is 12.3 Å². The predicted octanol–water partition coefficient (Wildman–Crippen LogP) is 2.14. The highest BCUT2D eigenvalue weighted by Gasteiger charge is 1.86. The van der Waals surface area contributed by atoms with Gasteiger partial charge in [-0.1, -0.05) is 18.6 Å². The summed E-state index contributed by atoms with van der Waals surface area (Å²) >= 11 is 0. The monoisotopic (exact) mass is 106 g/mol. The van der Waals surface area contributed by atoms with Crippen LogP contribution >= 0.6 is 0 Å². The van der Waals surface area contributed by atoms with E-state index < -0.39 is 0 Å². The van der Waals surface area contributed by atoms with Crippen LogP contribution in [-0.2, 0) is 0 Å². The first-order chi connectivity index (χ1) is 3.72. The Balaban J connectivity index is 4.20. The van der Waals surface area contributed by atoms with Crippen molar-refractivity contribution >= 4 is 0 Å². The van der Waals surface area contributed by atoms with Gasteiger partial charge in [0.1, 0.15) is 0 Å². The number of hydrogen-bond donors (Lipinski definition) is 0. The van der Waals surface area contributed by atoms with Crippen molar-refractivity contribution in [2.75, 3.05) is 0 Å². The van der Waals surface area contributed by atoms with Crippen LogP contribution in [0.1, 0.15) is 13.8 Å². The van der Waals surface area contributed by atoms with Crippen LogP contribution in [0.15, 0.2) is 23.8 Å². The summed E-state index contributed by atoms with van der Waals surface area (Å²) in [6.07, 6.45) is 6.98. The maximum absolute atomic E-state index is 5.11. The summed E-state index contributed by atoms with van der Waals surface area (Å²) in [5, 5.41) is 0. The number of terminal acetylenes is 1. The van der Waals surface area contributed by atoms with Crippen LogP contribution in [0, 0.1) is 12.3 Å². The molecule has 0 heterocycles. The first-order valence-electron chi connectivity index (χ1n) is 2.51. The second-order valence-corrected chi connectivity index (χ2v) is 1.63. The standard InChI is InChI=1S/C8H10/c1-5-8(6-2)7(3)4/h1,6H,3H2,2,4H3/b8-6+. The van der Waals surface area contributed by atoms with Crippen molar-refractivity contribution in [2.45, 2.75) is 13.8 Å². The lowest BCUT2D eigenvalue weighted by Crippen LogP contribution is -1.75. The second kappa shape index (κ2) is 3.10. The molecule has 0 aromatic heterocycles. The Hall–Kier alpha value is -0.960. The third kappa shape index (κ3) is 1.66. The van der Waals surface area contributed by atoms with Crippen molar-refractivity contribution < 1.29 is 0 Å². The van der Waals surface area contributed by atoms with Gasteiger partial charge in [0.15, 0.2) is 0 Å². The molecule has 0 heteroatoms. The van der Waals surface area contributed by atoms with Gasteiger partial charge in [-0.25, -0.2) is 0 Å². The molecule has 0 aliphatic heterocycles. The van der Waals surface area contributed by atoms with E-state index >= 15 is 0 Å². The smallest absolute Gasteiger partial charge is 0.0223 e. The molecule has 0 aromatic carbocycles. The van der Waals surface area contributed by atoms with Gasteiger partial charge in [-0.2, -0.15) is 0 Å². The molecule has 0 saturated carbocycles. The van der Waals surface area contributed by atoms with Crippen molar-refractivity contribution in [1.82, 2.24) is 0 Å². The Bertz CT molecular complexity index is 153. The molecule has 0 nitrogen and oxygen atoms in total. The van der Waals surface area contributed by atoms with Gasteiger partial charge < -0.3 is 0 Å². The zero-order chi connectivity index (χ0) is 6.57. The molecule has 0 amide bonds. The van der Waals surface area contributed by atoms with E-state index in [0.717, 1.165) is 11.1 Å². The Kier molecular flexibility index (Phi) is 2.72. The van der Waals surface area contributed by atoms with Crippen LogP contribution in [0.4, 0.5) is 0 Å². The van der Waals surface area contributed by atoms with Crippen LogP contribution in [-0.4, -0.2) is 0 Å². The first kappa shape index (κ1) is 7.04. The highest BCUT2D eigenvalue weighted by atomic mass is 13.9. The summed E-state index contributed by atoms with van der Waals surface area (Å²) in [4.78, 5) is 0. The van der Waals surface area contributed by atoms with Crippen LogP contribution in [0.3, 0.4) is 0 Å². The Morgan fingerprint density at radius 1 is 1.75 bits per heavy atom. The molecule has 0 fully saturated rings. The van der Waals surface area contributed by atoms with Crippen molar-refractivity contribution in [3.63, 3.8) is 0 Å². The van der Waals surface area contributed by atoms with Gasteiger partial charge in [0.25, 0.3) is 0 Å². The molecule has 0 radical (unpaired) electrons. The summed E-state index contributed by atoms with van der Waals surface area (Å²) in [6, 6.07) is 0. The van der Waals surface area contributed by atoms with Crippen molar-refractivity contribution in [1.29, 1.82) is 0 Å². The van der Waals surface area contributed by atoms with Gasteiger partial charge in [-0.15, -0.1) is 6.42 Å². The fourth-order valence-corrected chi connectivity index (χ4v) is 0.453. The maximum Gasteiger partial charge on any atom is 0.0223 e. The maximum atomic E-state index is 5.11. The summed E-state index contributed by atoms with van der Waals surface area (Å²) in [7, 11) is 0. The summed E-state index contributed by atoms with van der Waals surface area (Å²) in [5.41, 5.74) is 1.85. The summed E-state index contributed by atoms with van der Waals surface area (Å²) in [5.74, 6) is 2.51. The summed E-state index contributed by atoms with van der Waals surface area (Å²) in [6.45, 7) is 7.49. The van der Waals surface area contributed by atoms with Crippen molar-refractivity contribution in [2.24, 2.45) is 0 Å². The lowest BCUT2D eigenvalue weighted by molar-refractivity contribution is 1.46. The molecular weight excluding hydrogens is 96.1 g/mol. The van der Waals surface area contributed by atoms with Gasteiger partial charge >= 0.3 is 0 Å². The highest BCUT2D eigenvalue weighted by molar-refractivity contribution is 5.40. The number of hydrogen-bond acceptors (Lipinski definition) is 0. The molecule has 0 aliphatic carbocycles. The molecule has 0 N–H and O–H groups in total. The quantitative estimate of drug-likeness (QED) is 0.355. The molecule has 0 bridgehead atoms. The van der Waals surface area contributed by atoms with Crippen LogP contribution in [0.2, 0.25) is 0 Å². The minimum absolute atomic E-state index is 0.894. The van der Waals surface area contributed by atoms with E-state index in [-0.39, 0.29) is 0 Å². The molecule has 0 aromatic rings. The van der Waals surface area contributed by atoms with E-state index in [1.165, 1.54) is 0 Å². The SMILES string of the molecule is C#C/C(=C\C)C(=C)C. The fraction of sp³-hybridized carbons (Fsp3) is 0.250. The molecule has 0 spiro atoms. The average molecular weight is 106 g/mol. The Morgan fingerprint density at radius 3 is 2.25 bits per heavy atom. The number of allylic oxidation sites excluding steroid dienone is 3. The van der Waals surface area contributed by atoms with E-state index in [0.29, 0.717) is 0 Å². The van der Waals surface area contributed by atoms with Gasteiger partial charge in [0, 0.05) is 5.57 Å². The van der Waals surface area contributed by atoms with Gasteiger partial charge in [-0.3, -0.25) is 0 Å². The molecule has 0 atom stereocenters. The van der Waals surface area contributed by atoms with E-state index in [1.807, 2.05) is 19.9 Å². The van der Waals surface area contributed by atoms with Crippen LogP contribution in [0.25, 0.3) is 0 Å². The summed E-state index contributed by atoms with van der Waals surface area (Å²) < 4.78 is 0. The zero-order valence-corrected chi connectivity index (χ0v) is 5.36. The average Bonchev–Trinajstić information content (AvgIpc) is 1.69. The minimum Gasteiger partial charge on any atom is -0.115 e. The normalized spacial score (nSPS) is 10.4. The molecular formula is C8H10. The van der Waals surface area contributed by atoms with Crippen molar-refractivity contribution in [3.05, 3.63) is 23.8 Å². The molecule has 0 aliphatic rings. The molecule has 0 saturated heterocycles. The highest BCUT2D eigenvalue weighted by Crippen LogP contribution is 2.02. The Morgan fingerprint density at radius 2 is 2.25 bits per heavy atom. The van der Waals surface area contributed by atoms with Gasteiger partial charge in [-0.05, 0) is 19.4 Å². The van der Waals surface area contributed by atoms with E-state index in [9.17, 15) is 0 Å². The molecule has 0 unspecified atom stereocenters. The molecule has 8 heavy (non-hydrogen) atoms. The third-order valence-electron chi connectivity index (χ3n) is 0.904. The Labute approximate surface area is 50.9 Å². The fourth-order valence-electron chi connectivity index (χ4n) is 0.453. The van der Waals surface area contributed by atoms with E-state index in [4.69, 9.17) is 6.42 Å². The minimum atomic E-state index is 0.894. The molecule has 42 valence electrons. The van der Waals surface area contributed by atoms with Crippen LogP contribution in [0.5, 0.6) is 0 Å². The third-order valence-corrected chi connectivity index (χ3v) is 0.904. The van der Waals surface area contributed by atoms with Gasteiger partial charge in [0.2, 0.25) is 0 Å². The lowest BCUT2D eigenvalue weighted by atomic mass is 10.1. The topological polar surface area (TPSA) is 0 Å². The largest absolute Gasteiger partial charge is 0.115 e. The van der Waals surface area contributed by atoms with E-state index in [1.54, 1.807) is 0 Å². The van der Waals surface area contributed by atoms with Crippen LogP contribution < -0.4 is 0 Å². The lowest BCUT2D eigenvalue weighted by Gasteiger charge is -1.91. The predicted molar refractivity (Wildman–Crippen MR) is 37.4 cm³/mol. The van der Waals surface area contributed by atoms with Gasteiger partial charge in [0.05, 0.1) is 0 Å².